The lowest BCUT2D eigenvalue weighted by molar-refractivity contribution is -0.139. The van der Waals surface area contributed by atoms with Crippen LogP contribution in [0.25, 0.3) is 0 Å². The molecule has 1 aromatic heterocycles. The van der Waals surface area contributed by atoms with Crippen molar-refractivity contribution in [2.45, 2.75) is 18.4 Å². The van der Waals surface area contributed by atoms with Gasteiger partial charge in [0, 0.05) is 38.4 Å². The summed E-state index contributed by atoms with van der Waals surface area (Å²) < 4.78 is 15.5. The summed E-state index contributed by atoms with van der Waals surface area (Å²) in [6, 6.07) is 8.64. The summed E-state index contributed by atoms with van der Waals surface area (Å²) in [5.74, 6) is 0.360. The average molecular weight is 512 g/mol. The van der Waals surface area contributed by atoms with Gasteiger partial charge in [0.1, 0.15) is 22.7 Å². The molecule has 2 aliphatic rings. The van der Waals surface area contributed by atoms with Gasteiger partial charge >= 0.3 is 5.97 Å². The summed E-state index contributed by atoms with van der Waals surface area (Å²) in [5, 5.41) is 6.25. The molecule has 1 aromatic carbocycles. The van der Waals surface area contributed by atoms with Crippen LogP contribution in [0.3, 0.4) is 0 Å². The van der Waals surface area contributed by atoms with Crippen molar-refractivity contribution in [2.24, 2.45) is 0 Å². The normalized spacial score (nSPS) is 17.1. The molecule has 3 heterocycles. The maximum atomic E-state index is 13.8. The second-order valence-corrected chi connectivity index (χ2v) is 9.03. The molecule has 2 fully saturated rings. The van der Waals surface area contributed by atoms with Gasteiger partial charge < -0.3 is 34.6 Å². The zero-order valence-electron chi connectivity index (χ0n) is 21.4. The Labute approximate surface area is 216 Å². The van der Waals surface area contributed by atoms with E-state index in [0.29, 0.717) is 63.6 Å². The topological polar surface area (TPSA) is 122 Å². The molecule has 37 heavy (non-hydrogen) atoms. The van der Waals surface area contributed by atoms with Crippen LogP contribution in [-0.2, 0) is 9.53 Å². The zero-order chi connectivity index (χ0) is 26.4. The minimum absolute atomic E-state index is 0.0881. The predicted molar refractivity (Wildman–Crippen MR) is 136 cm³/mol. The first-order chi connectivity index (χ1) is 17.9. The van der Waals surface area contributed by atoms with Gasteiger partial charge in [-0.05, 0) is 50.2 Å². The Bertz CT molecular complexity index is 1120. The van der Waals surface area contributed by atoms with Crippen molar-refractivity contribution in [1.29, 1.82) is 0 Å². The Morgan fingerprint density at radius 3 is 2.30 bits per heavy atom. The van der Waals surface area contributed by atoms with Gasteiger partial charge in [0.25, 0.3) is 5.91 Å². The molecule has 198 valence electrons. The van der Waals surface area contributed by atoms with Crippen molar-refractivity contribution in [3.63, 3.8) is 0 Å². The van der Waals surface area contributed by atoms with Crippen molar-refractivity contribution in [1.82, 2.24) is 20.5 Å². The molecule has 11 nitrogen and oxygen atoms in total. The largest absolute Gasteiger partial charge is 0.497 e. The quantitative estimate of drug-likeness (QED) is 0.526. The van der Waals surface area contributed by atoms with E-state index in [2.05, 4.69) is 25.3 Å². The number of hydrogen-bond donors (Lipinski definition) is 2. The van der Waals surface area contributed by atoms with Crippen LogP contribution in [0.15, 0.2) is 36.5 Å². The highest BCUT2D eigenvalue weighted by Gasteiger charge is 2.44. The molecule has 11 heteroatoms. The molecule has 4 rings (SSSR count). The van der Waals surface area contributed by atoms with Crippen LogP contribution < -0.4 is 25.0 Å². The van der Waals surface area contributed by atoms with Crippen molar-refractivity contribution in [3.8, 4) is 11.5 Å². The van der Waals surface area contributed by atoms with E-state index in [1.807, 2.05) is 23.1 Å². The van der Waals surface area contributed by atoms with E-state index >= 15 is 0 Å². The monoisotopic (exact) mass is 511 g/mol. The highest BCUT2D eigenvalue weighted by Crippen LogP contribution is 2.33. The minimum Gasteiger partial charge on any atom is -0.497 e. The summed E-state index contributed by atoms with van der Waals surface area (Å²) in [7, 11) is 4.52. The number of piperidine rings is 1. The number of nitrogens with zero attached hydrogens (tertiary/aromatic N) is 3. The Balaban J connectivity index is 1.45. The fourth-order valence-corrected chi connectivity index (χ4v) is 4.79. The summed E-state index contributed by atoms with van der Waals surface area (Å²) >= 11 is 0. The number of methoxy groups -OCH3 is 3. The molecule has 0 spiro atoms. The number of piperazine rings is 1. The molecule has 0 bridgehead atoms. The molecule has 2 aromatic rings. The van der Waals surface area contributed by atoms with Gasteiger partial charge in [-0.1, -0.05) is 0 Å². The van der Waals surface area contributed by atoms with Gasteiger partial charge in [0.05, 0.1) is 32.6 Å². The fraction of sp³-hybridized carbons (Fsp3) is 0.462. The van der Waals surface area contributed by atoms with E-state index in [0.717, 1.165) is 5.69 Å². The number of benzene rings is 1. The molecule has 2 amide bonds. The Morgan fingerprint density at radius 1 is 0.973 bits per heavy atom. The number of amides is 2. The first kappa shape index (κ1) is 26.2. The number of pyridine rings is 1. The van der Waals surface area contributed by atoms with Gasteiger partial charge in [0.15, 0.2) is 0 Å². The third-order valence-corrected chi connectivity index (χ3v) is 6.93. The summed E-state index contributed by atoms with van der Waals surface area (Å²) in [6.07, 6.45) is 2.25. The van der Waals surface area contributed by atoms with Crippen LogP contribution in [0.5, 0.6) is 11.5 Å². The lowest BCUT2D eigenvalue weighted by Gasteiger charge is -2.43. The number of rotatable bonds is 7. The predicted octanol–water partition coefficient (Wildman–Crippen LogP) is 1.09. The molecular weight excluding hydrogens is 478 g/mol. The standard InChI is InChI=1S/C26H33N5O6/c1-35-19-5-7-21(22(16-19)36-2)30-12-14-31(15-13-30)25(34)26(8-10-27-11-9-26)29-23(32)20-6-4-18(17-28-20)24(33)37-3/h4-7,16-17,27H,8-15H2,1-3H3,(H,29,32). The number of carbonyl (C=O) groups excluding carboxylic acids is 3. The van der Waals surface area contributed by atoms with Gasteiger partial charge in [0.2, 0.25) is 5.91 Å². The highest BCUT2D eigenvalue weighted by atomic mass is 16.5. The number of esters is 1. The molecule has 0 radical (unpaired) electrons. The summed E-state index contributed by atoms with van der Waals surface area (Å²) in [4.78, 5) is 46.7. The Kier molecular flexibility index (Phi) is 8.12. The molecule has 0 unspecified atom stereocenters. The summed E-state index contributed by atoms with van der Waals surface area (Å²) in [6.45, 7) is 3.53. The smallest absolute Gasteiger partial charge is 0.339 e. The number of hydrogen-bond acceptors (Lipinski definition) is 9. The van der Waals surface area contributed by atoms with Gasteiger partial charge in [-0.25, -0.2) is 4.79 Å². The lowest BCUT2D eigenvalue weighted by atomic mass is 9.86. The second kappa shape index (κ2) is 11.5. The van der Waals surface area contributed by atoms with E-state index < -0.39 is 17.4 Å². The molecule has 0 aliphatic carbocycles. The van der Waals surface area contributed by atoms with Crippen molar-refractivity contribution >= 4 is 23.5 Å². The average Bonchev–Trinajstić information content (AvgIpc) is 2.96. The van der Waals surface area contributed by atoms with Gasteiger partial charge in [-0.15, -0.1) is 0 Å². The zero-order valence-corrected chi connectivity index (χ0v) is 21.4. The van der Waals surface area contributed by atoms with Crippen LogP contribution in [0.1, 0.15) is 33.7 Å². The Morgan fingerprint density at radius 2 is 1.70 bits per heavy atom. The van der Waals surface area contributed by atoms with Crippen LogP contribution >= 0.6 is 0 Å². The van der Waals surface area contributed by atoms with E-state index in [-0.39, 0.29) is 17.2 Å². The number of aromatic nitrogens is 1. The first-order valence-corrected chi connectivity index (χ1v) is 12.2. The molecule has 0 saturated carbocycles. The van der Waals surface area contributed by atoms with Crippen molar-refractivity contribution in [3.05, 3.63) is 47.8 Å². The molecule has 2 aliphatic heterocycles. The van der Waals surface area contributed by atoms with Gasteiger partial charge in [-0.3, -0.25) is 14.6 Å². The van der Waals surface area contributed by atoms with Crippen molar-refractivity contribution in [2.75, 3.05) is 65.5 Å². The number of ether oxygens (including phenoxy) is 3. The maximum absolute atomic E-state index is 13.8. The fourth-order valence-electron chi connectivity index (χ4n) is 4.79. The molecule has 2 N–H and O–H groups in total. The Hall–Kier alpha value is -3.86. The van der Waals surface area contributed by atoms with Crippen LogP contribution in [0.4, 0.5) is 5.69 Å². The minimum atomic E-state index is -1.02. The highest BCUT2D eigenvalue weighted by molar-refractivity contribution is 5.99. The van der Waals surface area contributed by atoms with Crippen LogP contribution in [0.2, 0.25) is 0 Å². The third kappa shape index (κ3) is 5.61. The third-order valence-electron chi connectivity index (χ3n) is 6.93. The molecule has 2 saturated heterocycles. The molecule has 0 atom stereocenters. The van der Waals surface area contributed by atoms with E-state index in [9.17, 15) is 14.4 Å². The number of nitrogens with one attached hydrogen (secondary N) is 2. The first-order valence-electron chi connectivity index (χ1n) is 12.2. The van der Waals surface area contributed by atoms with Gasteiger partial charge in [-0.2, -0.15) is 0 Å². The summed E-state index contributed by atoms with van der Waals surface area (Å²) in [5.41, 5.74) is 0.306. The van der Waals surface area contributed by atoms with E-state index in [4.69, 9.17) is 9.47 Å². The van der Waals surface area contributed by atoms with Crippen LogP contribution in [0, 0.1) is 0 Å². The van der Waals surface area contributed by atoms with E-state index in [1.54, 1.807) is 14.2 Å². The SMILES string of the molecule is COC(=O)c1ccc(C(=O)NC2(C(=O)N3CCN(c4ccc(OC)cc4OC)CC3)CCNCC2)nc1. The molecular formula is C26H33N5O6. The second-order valence-electron chi connectivity index (χ2n) is 9.03. The maximum Gasteiger partial charge on any atom is 0.339 e. The lowest BCUT2D eigenvalue weighted by Crippen LogP contribution is -2.65. The van der Waals surface area contributed by atoms with Crippen LogP contribution in [-0.4, -0.2) is 93.8 Å². The van der Waals surface area contributed by atoms with Crippen molar-refractivity contribution < 1.29 is 28.6 Å². The number of anilines is 1. The number of carbonyl (C=O) groups is 3. The van der Waals surface area contributed by atoms with E-state index in [1.165, 1.54) is 25.4 Å².